The minimum atomic E-state index is 0.0477. The minimum Gasteiger partial charge on any atom is -0.355 e. The van der Waals surface area contributed by atoms with Crippen LogP contribution in [0.3, 0.4) is 0 Å². The van der Waals surface area contributed by atoms with Crippen LogP contribution in [0, 0.1) is 6.92 Å². The van der Waals surface area contributed by atoms with Crippen LogP contribution in [0.4, 0.5) is 0 Å². The standard InChI is InChI=1S/C17H24N4OS/c1-4-6-11-18-15(22)12-23-17-20-19-16(21(17)5-2)14-10-8-7-9-13(14)3/h7-10H,4-6,11-12H2,1-3H3,(H,18,22). The van der Waals surface area contributed by atoms with Gasteiger partial charge in [0.15, 0.2) is 11.0 Å². The summed E-state index contributed by atoms with van der Waals surface area (Å²) in [6, 6.07) is 8.14. The van der Waals surface area contributed by atoms with Gasteiger partial charge < -0.3 is 9.88 Å². The summed E-state index contributed by atoms with van der Waals surface area (Å²) in [6.07, 6.45) is 2.09. The fourth-order valence-corrected chi connectivity index (χ4v) is 3.12. The first-order valence-electron chi connectivity index (χ1n) is 8.06. The van der Waals surface area contributed by atoms with Crippen LogP contribution in [0.15, 0.2) is 29.4 Å². The third-order valence-corrected chi connectivity index (χ3v) is 4.57. The number of aromatic nitrogens is 3. The first kappa shape index (κ1) is 17.5. The van der Waals surface area contributed by atoms with E-state index in [2.05, 4.69) is 53.0 Å². The van der Waals surface area contributed by atoms with E-state index in [9.17, 15) is 4.79 Å². The highest BCUT2D eigenvalue weighted by atomic mass is 32.2. The average Bonchev–Trinajstić information content (AvgIpc) is 2.96. The second kappa shape index (κ2) is 8.72. The molecule has 1 aromatic carbocycles. The van der Waals surface area contributed by atoms with Crippen LogP contribution >= 0.6 is 11.8 Å². The number of thioether (sulfide) groups is 1. The van der Waals surface area contributed by atoms with E-state index in [1.54, 1.807) is 0 Å². The predicted octanol–water partition coefficient (Wildman–Crippen LogP) is 3.28. The fourth-order valence-electron chi connectivity index (χ4n) is 2.29. The number of unbranched alkanes of at least 4 members (excludes halogenated alkanes) is 1. The number of rotatable bonds is 8. The molecule has 124 valence electrons. The Morgan fingerprint density at radius 2 is 2.04 bits per heavy atom. The van der Waals surface area contributed by atoms with Crippen molar-refractivity contribution in [3.63, 3.8) is 0 Å². The van der Waals surface area contributed by atoms with E-state index in [4.69, 9.17) is 0 Å². The van der Waals surface area contributed by atoms with Crippen molar-refractivity contribution in [1.29, 1.82) is 0 Å². The molecule has 6 heteroatoms. The van der Waals surface area contributed by atoms with E-state index in [1.807, 2.05) is 12.1 Å². The van der Waals surface area contributed by atoms with Crippen molar-refractivity contribution in [2.75, 3.05) is 12.3 Å². The molecule has 2 aromatic rings. The summed E-state index contributed by atoms with van der Waals surface area (Å²) in [6.45, 7) is 7.76. The Kier molecular flexibility index (Phi) is 6.65. The van der Waals surface area contributed by atoms with Crippen molar-refractivity contribution in [3.8, 4) is 11.4 Å². The molecule has 1 N–H and O–H groups in total. The van der Waals surface area contributed by atoms with Crippen LogP contribution in [0.25, 0.3) is 11.4 Å². The molecular formula is C17H24N4OS. The number of carbonyl (C=O) groups excluding carboxylic acids is 1. The number of nitrogens with one attached hydrogen (secondary N) is 1. The lowest BCUT2D eigenvalue weighted by Crippen LogP contribution is -2.26. The largest absolute Gasteiger partial charge is 0.355 e. The summed E-state index contributed by atoms with van der Waals surface area (Å²) < 4.78 is 2.06. The molecule has 0 radical (unpaired) electrons. The highest BCUT2D eigenvalue weighted by Crippen LogP contribution is 2.25. The van der Waals surface area contributed by atoms with E-state index in [0.717, 1.165) is 42.5 Å². The van der Waals surface area contributed by atoms with Gasteiger partial charge in [-0.25, -0.2) is 0 Å². The molecule has 23 heavy (non-hydrogen) atoms. The molecule has 1 heterocycles. The normalized spacial score (nSPS) is 10.7. The summed E-state index contributed by atoms with van der Waals surface area (Å²) in [5.41, 5.74) is 2.25. The topological polar surface area (TPSA) is 59.8 Å². The van der Waals surface area contributed by atoms with Crippen molar-refractivity contribution in [1.82, 2.24) is 20.1 Å². The molecule has 0 atom stereocenters. The van der Waals surface area contributed by atoms with Crippen LogP contribution in [0.1, 0.15) is 32.3 Å². The maximum Gasteiger partial charge on any atom is 0.230 e. The number of aryl methyl sites for hydroxylation is 1. The van der Waals surface area contributed by atoms with Gasteiger partial charge in [0.2, 0.25) is 5.91 Å². The van der Waals surface area contributed by atoms with E-state index in [1.165, 1.54) is 17.3 Å². The molecule has 0 spiro atoms. The van der Waals surface area contributed by atoms with Crippen LogP contribution in [-0.4, -0.2) is 33.0 Å². The molecule has 0 saturated carbocycles. The molecule has 0 bridgehead atoms. The molecular weight excluding hydrogens is 308 g/mol. The molecule has 0 fully saturated rings. The molecule has 5 nitrogen and oxygen atoms in total. The van der Waals surface area contributed by atoms with Gasteiger partial charge in [0, 0.05) is 18.7 Å². The van der Waals surface area contributed by atoms with Crippen molar-refractivity contribution in [3.05, 3.63) is 29.8 Å². The van der Waals surface area contributed by atoms with E-state index in [0.29, 0.717) is 5.75 Å². The molecule has 0 unspecified atom stereocenters. The lowest BCUT2D eigenvalue weighted by atomic mass is 10.1. The zero-order valence-electron chi connectivity index (χ0n) is 14.0. The van der Waals surface area contributed by atoms with Gasteiger partial charge in [-0.05, 0) is 25.8 Å². The Balaban J connectivity index is 2.07. The Labute approximate surface area is 141 Å². The summed E-state index contributed by atoms with van der Waals surface area (Å²) in [7, 11) is 0. The highest BCUT2D eigenvalue weighted by Gasteiger charge is 2.15. The third-order valence-electron chi connectivity index (χ3n) is 3.60. The first-order chi connectivity index (χ1) is 11.2. The Bertz CT molecular complexity index is 654. The third kappa shape index (κ3) is 4.58. The molecule has 0 aliphatic heterocycles. The molecule has 1 amide bonds. The number of benzene rings is 1. The number of amides is 1. The second-order valence-electron chi connectivity index (χ2n) is 5.36. The highest BCUT2D eigenvalue weighted by molar-refractivity contribution is 7.99. The van der Waals surface area contributed by atoms with Crippen LogP contribution < -0.4 is 5.32 Å². The fraction of sp³-hybridized carbons (Fsp3) is 0.471. The van der Waals surface area contributed by atoms with Gasteiger partial charge in [-0.1, -0.05) is 49.4 Å². The molecule has 1 aromatic heterocycles. The van der Waals surface area contributed by atoms with Crippen LogP contribution in [-0.2, 0) is 11.3 Å². The first-order valence-corrected chi connectivity index (χ1v) is 9.04. The smallest absolute Gasteiger partial charge is 0.230 e. The Hall–Kier alpha value is -1.82. The van der Waals surface area contributed by atoms with Gasteiger partial charge in [-0.15, -0.1) is 10.2 Å². The molecule has 0 aliphatic rings. The zero-order chi connectivity index (χ0) is 16.7. The van der Waals surface area contributed by atoms with Gasteiger partial charge in [0.1, 0.15) is 0 Å². The molecule has 2 rings (SSSR count). The van der Waals surface area contributed by atoms with Crippen LogP contribution in [0.2, 0.25) is 0 Å². The predicted molar refractivity (Wildman–Crippen MR) is 94.5 cm³/mol. The van der Waals surface area contributed by atoms with E-state index in [-0.39, 0.29) is 5.91 Å². The molecule has 0 saturated heterocycles. The summed E-state index contributed by atoms with van der Waals surface area (Å²) in [4.78, 5) is 11.8. The van der Waals surface area contributed by atoms with Gasteiger partial charge in [-0.3, -0.25) is 4.79 Å². The summed E-state index contributed by atoms with van der Waals surface area (Å²) in [5, 5.41) is 12.3. The summed E-state index contributed by atoms with van der Waals surface area (Å²) in [5.74, 6) is 1.28. The Morgan fingerprint density at radius 1 is 1.26 bits per heavy atom. The minimum absolute atomic E-state index is 0.0477. The number of hydrogen-bond acceptors (Lipinski definition) is 4. The van der Waals surface area contributed by atoms with E-state index >= 15 is 0 Å². The van der Waals surface area contributed by atoms with Crippen molar-refractivity contribution in [2.24, 2.45) is 0 Å². The Morgan fingerprint density at radius 3 is 2.74 bits per heavy atom. The van der Waals surface area contributed by atoms with Crippen LogP contribution in [0.5, 0.6) is 0 Å². The number of carbonyl (C=O) groups is 1. The maximum atomic E-state index is 11.8. The number of nitrogens with zero attached hydrogens (tertiary/aromatic N) is 3. The van der Waals surface area contributed by atoms with Gasteiger partial charge in [-0.2, -0.15) is 0 Å². The van der Waals surface area contributed by atoms with Crippen molar-refractivity contribution < 1.29 is 4.79 Å². The lowest BCUT2D eigenvalue weighted by molar-refractivity contribution is -0.118. The lowest BCUT2D eigenvalue weighted by Gasteiger charge is -2.09. The van der Waals surface area contributed by atoms with Crippen molar-refractivity contribution >= 4 is 17.7 Å². The van der Waals surface area contributed by atoms with E-state index < -0.39 is 0 Å². The van der Waals surface area contributed by atoms with Gasteiger partial charge in [0.05, 0.1) is 5.75 Å². The monoisotopic (exact) mass is 332 g/mol. The zero-order valence-corrected chi connectivity index (χ0v) is 14.8. The van der Waals surface area contributed by atoms with Crippen molar-refractivity contribution in [2.45, 2.75) is 45.3 Å². The second-order valence-corrected chi connectivity index (χ2v) is 6.30. The quantitative estimate of drug-likeness (QED) is 0.595. The van der Waals surface area contributed by atoms with Gasteiger partial charge >= 0.3 is 0 Å². The summed E-state index contributed by atoms with van der Waals surface area (Å²) >= 11 is 1.44. The SMILES string of the molecule is CCCCNC(=O)CSc1nnc(-c2ccccc2C)n1CC. The molecule has 0 aliphatic carbocycles. The van der Waals surface area contributed by atoms with Gasteiger partial charge in [0.25, 0.3) is 0 Å². The average molecular weight is 332 g/mol. The number of hydrogen-bond donors (Lipinski definition) is 1. The maximum absolute atomic E-state index is 11.8.